The predicted octanol–water partition coefficient (Wildman–Crippen LogP) is 3.50. The second kappa shape index (κ2) is 9.43. The molecule has 7 nitrogen and oxygen atoms in total. The molecular weight excluding hydrogens is 392 g/mol. The molecule has 2 N–H and O–H groups in total. The van der Waals surface area contributed by atoms with Gasteiger partial charge in [-0.2, -0.15) is 0 Å². The summed E-state index contributed by atoms with van der Waals surface area (Å²) in [5, 5.41) is 0.396. The Kier molecular flexibility index (Phi) is 6.72. The Hall–Kier alpha value is -3.06. The van der Waals surface area contributed by atoms with Crippen LogP contribution in [0.1, 0.15) is 35.9 Å². The molecule has 0 saturated heterocycles. The molecular formula is C21H23ClN4O3. The number of aryl methyl sites for hydroxylation is 1. The second-order valence-corrected chi connectivity index (χ2v) is 6.99. The Morgan fingerprint density at radius 2 is 1.97 bits per heavy atom. The molecule has 8 heteroatoms. The molecule has 0 bridgehead atoms. The van der Waals surface area contributed by atoms with Gasteiger partial charge in [0.15, 0.2) is 0 Å². The molecule has 0 aliphatic carbocycles. The molecule has 0 radical (unpaired) electrons. The Labute approximate surface area is 174 Å². The number of amides is 2. The molecule has 29 heavy (non-hydrogen) atoms. The SMILES string of the molecule is CCCCc1nc2ccccc2n1CC(=O)NNC(=O)c1cc(Cl)ccc1OC. The highest BCUT2D eigenvalue weighted by Gasteiger charge is 2.16. The number of hydrogen-bond acceptors (Lipinski definition) is 4. The van der Waals surface area contributed by atoms with Crippen molar-refractivity contribution in [1.29, 1.82) is 0 Å². The van der Waals surface area contributed by atoms with Crippen LogP contribution in [0.4, 0.5) is 0 Å². The number of fused-ring (bicyclic) bond motifs is 1. The highest BCUT2D eigenvalue weighted by atomic mass is 35.5. The molecule has 0 aliphatic rings. The summed E-state index contributed by atoms with van der Waals surface area (Å²) in [6.45, 7) is 2.16. The van der Waals surface area contributed by atoms with Crippen LogP contribution in [-0.2, 0) is 17.8 Å². The first-order chi connectivity index (χ1) is 14.0. The molecule has 0 atom stereocenters. The Morgan fingerprint density at radius 1 is 1.17 bits per heavy atom. The van der Waals surface area contributed by atoms with Crippen LogP contribution in [-0.4, -0.2) is 28.5 Å². The smallest absolute Gasteiger partial charge is 0.273 e. The average molecular weight is 415 g/mol. The summed E-state index contributed by atoms with van der Waals surface area (Å²) in [6, 6.07) is 12.4. The number of hydrazine groups is 1. The van der Waals surface area contributed by atoms with E-state index in [-0.39, 0.29) is 18.0 Å². The third-order valence-electron chi connectivity index (χ3n) is 4.51. The standard InChI is InChI=1S/C21H23ClN4O3/c1-3-4-9-19-23-16-7-5-6-8-17(16)26(19)13-20(27)24-25-21(28)15-12-14(22)10-11-18(15)29-2/h5-8,10-12H,3-4,9,13H2,1-2H3,(H,24,27)(H,25,28). The van der Waals surface area contributed by atoms with E-state index < -0.39 is 5.91 Å². The normalized spacial score (nSPS) is 10.7. The van der Waals surface area contributed by atoms with Gasteiger partial charge in [-0.3, -0.25) is 20.4 Å². The van der Waals surface area contributed by atoms with Gasteiger partial charge in [0.1, 0.15) is 18.1 Å². The molecule has 0 spiro atoms. The van der Waals surface area contributed by atoms with Crippen LogP contribution in [0.5, 0.6) is 5.75 Å². The third-order valence-corrected chi connectivity index (χ3v) is 4.75. The molecule has 1 heterocycles. The number of imidazole rings is 1. The van der Waals surface area contributed by atoms with Crippen LogP contribution in [0.25, 0.3) is 11.0 Å². The Morgan fingerprint density at radius 3 is 2.72 bits per heavy atom. The van der Waals surface area contributed by atoms with E-state index in [1.807, 2.05) is 28.8 Å². The maximum atomic E-state index is 12.5. The number of aromatic nitrogens is 2. The summed E-state index contributed by atoms with van der Waals surface area (Å²) < 4.78 is 7.05. The molecule has 3 rings (SSSR count). The number of hydrogen-bond donors (Lipinski definition) is 2. The van der Waals surface area contributed by atoms with Crippen molar-refractivity contribution in [3.8, 4) is 5.75 Å². The summed E-state index contributed by atoms with van der Waals surface area (Å²) in [6.07, 6.45) is 2.80. The quantitative estimate of drug-likeness (QED) is 0.579. The van der Waals surface area contributed by atoms with Crippen LogP contribution in [0, 0.1) is 0 Å². The van der Waals surface area contributed by atoms with Crippen molar-refractivity contribution < 1.29 is 14.3 Å². The number of rotatable bonds is 7. The molecule has 152 valence electrons. The molecule has 0 unspecified atom stereocenters. The number of para-hydroxylation sites is 2. The van der Waals surface area contributed by atoms with E-state index in [2.05, 4.69) is 22.8 Å². The molecule has 0 fully saturated rings. The van der Waals surface area contributed by atoms with Crippen LogP contribution in [0.15, 0.2) is 42.5 Å². The van der Waals surface area contributed by atoms with Crippen molar-refractivity contribution in [1.82, 2.24) is 20.4 Å². The Bertz CT molecular complexity index is 1030. The van der Waals surface area contributed by atoms with E-state index in [1.165, 1.54) is 13.2 Å². The number of carbonyl (C=O) groups is 2. The lowest BCUT2D eigenvalue weighted by atomic mass is 10.2. The van der Waals surface area contributed by atoms with E-state index in [0.29, 0.717) is 10.8 Å². The molecule has 2 aromatic carbocycles. The van der Waals surface area contributed by atoms with Gasteiger partial charge in [0.05, 0.1) is 23.7 Å². The van der Waals surface area contributed by atoms with Crippen LogP contribution < -0.4 is 15.6 Å². The van der Waals surface area contributed by atoms with Gasteiger partial charge < -0.3 is 9.30 Å². The summed E-state index contributed by atoms with van der Waals surface area (Å²) in [5.74, 6) is 0.342. The molecule has 1 aromatic heterocycles. The largest absolute Gasteiger partial charge is 0.496 e. The molecule has 0 saturated carbocycles. The monoisotopic (exact) mass is 414 g/mol. The number of methoxy groups -OCH3 is 1. The van der Waals surface area contributed by atoms with E-state index in [9.17, 15) is 9.59 Å². The topological polar surface area (TPSA) is 85.3 Å². The predicted molar refractivity (Wildman–Crippen MR) is 112 cm³/mol. The lowest BCUT2D eigenvalue weighted by Gasteiger charge is -2.12. The minimum Gasteiger partial charge on any atom is -0.496 e. The fourth-order valence-electron chi connectivity index (χ4n) is 3.06. The van der Waals surface area contributed by atoms with Gasteiger partial charge >= 0.3 is 0 Å². The van der Waals surface area contributed by atoms with E-state index >= 15 is 0 Å². The first-order valence-corrected chi connectivity index (χ1v) is 9.78. The number of benzene rings is 2. The van der Waals surface area contributed by atoms with Crippen molar-refractivity contribution in [2.45, 2.75) is 32.7 Å². The summed E-state index contributed by atoms with van der Waals surface area (Å²) >= 11 is 5.96. The van der Waals surface area contributed by atoms with Gasteiger partial charge in [0.2, 0.25) is 0 Å². The van der Waals surface area contributed by atoms with Crippen molar-refractivity contribution in [3.05, 3.63) is 58.9 Å². The van der Waals surface area contributed by atoms with Gasteiger partial charge in [0.25, 0.3) is 11.8 Å². The molecule has 3 aromatic rings. The highest BCUT2D eigenvalue weighted by Crippen LogP contribution is 2.22. The van der Waals surface area contributed by atoms with Gasteiger partial charge in [0, 0.05) is 11.4 Å². The minimum absolute atomic E-state index is 0.0481. The maximum Gasteiger partial charge on any atom is 0.273 e. The first kappa shape index (κ1) is 20.7. The number of nitrogens with zero attached hydrogens (tertiary/aromatic N) is 2. The van der Waals surface area contributed by atoms with Crippen molar-refractivity contribution >= 4 is 34.4 Å². The van der Waals surface area contributed by atoms with E-state index in [0.717, 1.165) is 36.1 Å². The zero-order valence-corrected chi connectivity index (χ0v) is 17.1. The highest BCUT2D eigenvalue weighted by molar-refractivity contribution is 6.31. The van der Waals surface area contributed by atoms with Gasteiger partial charge in [-0.25, -0.2) is 4.98 Å². The number of ether oxygens (including phenoxy) is 1. The summed E-state index contributed by atoms with van der Waals surface area (Å²) in [7, 11) is 1.46. The first-order valence-electron chi connectivity index (χ1n) is 9.40. The fourth-order valence-corrected chi connectivity index (χ4v) is 3.23. The number of halogens is 1. The van der Waals surface area contributed by atoms with Crippen LogP contribution >= 0.6 is 11.6 Å². The minimum atomic E-state index is -0.514. The summed E-state index contributed by atoms with van der Waals surface area (Å²) in [5.41, 5.74) is 6.83. The van der Waals surface area contributed by atoms with E-state index in [4.69, 9.17) is 16.3 Å². The lowest BCUT2D eigenvalue weighted by Crippen LogP contribution is -2.43. The molecule has 2 amide bonds. The maximum absolute atomic E-state index is 12.5. The van der Waals surface area contributed by atoms with Crippen LogP contribution in [0.2, 0.25) is 5.02 Å². The van der Waals surface area contributed by atoms with Gasteiger partial charge in [-0.1, -0.05) is 37.1 Å². The Balaban J connectivity index is 1.71. The van der Waals surface area contributed by atoms with Crippen molar-refractivity contribution in [2.24, 2.45) is 0 Å². The lowest BCUT2D eigenvalue weighted by molar-refractivity contribution is -0.122. The average Bonchev–Trinajstić information content (AvgIpc) is 3.07. The zero-order valence-electron chi connectivity index (χ0n) is 16.4. The van der Waals surface area contributed by atoms with Crippen LogP contribution in [0.3, 0.4) is 0 Å². The summed E-state index contributed by atoms with van der Waals surface area (Å²) in [4.78, 5) is 29.6. The van der Waals surface area contributed by atoms with Crippen molar-refractivity contribution in [3.63, 3.8) is 0 Å². The number of nitrogens with one attached hydrogen (secondary N) is 2. The second-order valence-electron chi connectivity index (χ2n) is 6.55. The van der Waals surface area contributed by atoms with Crippen molar-refractivity contribution in [2.75, 3.05) is 7.11 Å². The number of unbranched alkanes of at least 4 members (excludes halogenated alkanes) is 1. The van der Waals surface area contributed by atoms with E-state index in [1.54, 1.807) is 12.1 Å². The van der Waals surface area contributed by atoms with Gasteiger partial charge in [-0.05, 0) is 36.8 Å². The molecule has 0 aliphatic heterocycles. The third kappa shape index (κ3) is 4.86. The zero-order chi connectivity index (χ0) is 20.8. The van der Waals surface area contributed by atoms with Gasteiger partial charge in [-0.15, -0.1) is 0 Å². The number of carbonyl (C=O) groups excluding carboxylic acids is 2. The fraction of sp³-hybridized carbons (Fsp3) is 0.286.